The second-order valence-corrected chi connectivity index (χ2v) is 4.12. The van der Waals surface area contributed by atoms with Gasteiger partial charge >= 0.3 is 0 Å². The van der Waals surface area contributed by atoms with Gasteiger partial charge < -0.3 is 10.2 Å². The highest BCUT2D eigenvalue weighted by Crippen LogP contribution is 2.37. The van der Waals surface area contributed by atoms with Crippen molar-refractivity contribution in [1.82, 2.24) is 5.32 Å². The number of rotatable bonds is 2. The van der Waals surface area contributed by atoms with Crippen LogP contribution >= 0.6 is 0 Å². The van der Waals surface area contributed by atoms with Crippen LogP contribution in [-0.4, -0.2) is 21.1 Å². The number of anilines is 1. The maximum atomic E-state index is 3.39. The summed E-state index contributed by atoms with van der Waals surface area (Å²) < 4.78 is 0. The molecule has 0 fully saturated rings. The van der Waals surface area contributed by atoms with Crippen molar-refractivity contribution in [3.8, 4) is 0 Å². The summed E-state index contributed by atoms with van der Waals surface area (Å²) in [5.41, 5.74) is 4.37. The van der Waals surface area contributed by atoms with Crippen LogP contribution in [0.25, 0.3) is 0 Å². The van der Waals surface area contributed by atoms with Crippen LogP contribution in [0, 0.1) is 0 Å². The predicted molar refractivity (Wildman–Crippen MR) is 60.9 cm³/mol. The molecule has 14 heavy (non-hydrogen) atoms. The summed E-state index contributed by atoms with van der Waals surface area (Å²) in [6, 6.07) is 7.16. The average molecular weight is 190 g/mol. The van der Waals surface area contributed by atoms with Gasteiger partial charge in [-0.25, -0.2) is 0 Å². The van der Waals surface area contributed by atoms with Gasteiger partial charge in [-0.15, -0.1) is 0 Å². The molecular weight excluding hydrogens is 172 g/mol. The van der Waals surface area contributed by atoms with E-state index in [0.29, 0.717) is 6.04 Å². The lowest BCUT2D eigenvalue weighted by molar-refractivity contribution is 0.590. The summed E-state index contributed by atoms with van der Waals surface area (Å²) in [6.45, 7) is 0. The fourth-order valence-electron chi connectivity index (χ4n) is 2.34. The largest absolute Gasteiger partial charge is 0.377 e. The first kappa shape index (κ1) is 9.53. The Labute approximate surface area is 85.9 Å². The molecule has 2 nitrogen and oxygen atoms in total. The van der Waals surface area contributed by atoms with E-state index in [1.54, 1.807) is 0 Å². The van der Waals surface area contributed by atoms with Crippen molar-refractivity contribution in [3.63, 3.8) is 0 Å². The summed E-state index contributed by atoms with van der Waals surface area (Å²) in [6.07, 6.45) is 2.44. The summed E-state index contributed by atoms with van der Waals surface area (Å²) in [5, 5.41) is 3.39. The highest BCUT2D eigenvalue weighted by atomic mass is 15.1. The maximum absolute atomic E-state index is 3.39. The zero-order valence-corrected chi connectivity index (χ0v) is 9.17. The third-order valence-corrected chi connectivity index (χ3v) is 3.05. The van der Waals surface area contributed by atoms with E-state index in [0.717, 1.165) is 0 Å². The number of aryl methyl sites for hydroxylation is 1. The average Bonchev–Trinajstić information content (AvgIpc) is 2.59. The summed E-state index contributed by atoms with van der Waals surface area (Å²) in [5.74, 6) is 0. The first-order chi connectivity index (χ1) is 6.74. The fourth-order valence-corrected chi connectivity index (χ4v) is 2.34. The lowest BCUT2D eigenvalue weighted by Crippen LogP contribution is -2.18. The number of fused-ring (bicyclic) bond motifs is 1. The Morgan fingerprint density at radius 1 is 1.36 bits per heavy atom. The van der Waals surface area contributed by atoms with Gasteiger partial charge in [-0.3, -0.25) is 0 Å². The van der Waals surface area contributed by atoms with Crippen molar-refractivity contribution in [2.75, 3.05) is 26.0 Å². The van der Waals surface area contributed by atoms with E-state index < -0.39 is 0 Å². The molecule has 0 aliphatic heterocycles. The molecule has 0 saturated heterocycles. The highest BCUT2D eigenvalue weighted by Gasteiger charge is 2.24. The molecular formula is C12H18N2. The van der Waals surface area contributed by atoms with E-state index >= 15 is 0 Å². The predicted octanol–water partition coefficient (Wildman–Crippen LogP) is 1.96. The van der Waals surface area contributed by atoms with Crippen LogP contribution in [0.15, 0.2) is 18.2 Å². The van der Waals surface area contributed by atoms with Crippen LogP contribution in [0.1, 0.15) is 23.6 Å². The minimum atomic E-state index is 0.545. The molecule has 0 radical (unpaired) electrons. The van der Waals surface area contributed by atoms with Gasteiger partial charge in [0, 0.05) is 25.8 Å². The third kappa shape index (κ3) is 1.40. The summed E-state index contributed by atoms with van der Waals surface area (Å²) in [7, 11) is 6.27. The van der Waals surface area contributed by atoms with Gasteiger partial charge in [-0.1, -0.05) is 12.1 Å². The molecule has 2 heteroatoms. The molecule has 0 spiro atoms. The monoisotopic (exact) mass is 190 g/mol. The summed E-state index contributed by atoms with van der Waals surface area (Å²) >= 11 is 0. The molecule has 1 aromatic carbocycles. The Kier molecular flexibility index (Phi) is 2.46. The lowest BCUT2D eigenvalue weighted by atomic mass is 10.1. The van der Waals surface area contributed by atoms with Gasteiger partial charge in [0.15, 0.2) is 0 Å². The summed E-state index contributed by atoms with van der Waals surface area (Å²) in [4.78, 5) is 2.20. The normalized spacial score (nSPS) is 19.5. The van der Waals surface area contributed by atoms with Gasteiger partial charge in [0.1, 0.15) is 0 Å². The van der Waals surface area contributed by atoms with Crippen molar-refractivity contribution in [2.24, 2.45) is 0 Å². The van der Waals surface area contributed by atoms with Gasteiger partial charge in [-0.2, -0.15) is 0 Å². The maximum Gasteiger partial charge on any atom is 0.0412 e. The number of benzene rings is 1. The van der Waals surface area contributed by atoms with Crippen LogP contribution in [0.3, 0.4) is 0 Å². The molecule has 2 rings (SSSR count). The van der Waals surface area contributed by atoms with Gasteiger partial charge in [0.2, 0.25) is 0 Å². The Hall–Kier alpha value is -1.02. The van der Waals surface area contributed by atoms with E-state index in [4.69, 9.17) is 0 Å². The van der Waals surface area contributed by atoms with Crippen LogP contribution in [0.5, 0.6) is 0 Å². The van der Waals surface area contributed by atoms with E-state index in [2.05, 4.69) is 42.5 Å². The van der Waals surface area contributed by atoms with Crippen molar-refractivity contribution in [3.05, 3.63) is 29.3 Å². The smallest absolute Gasteiger partial charge is 0.0412 e. The van der Waals surface area contributed by atoms with Crippen molar-refractivity contribution < 1.29 is 0 Å². The second kappa shape index (κ2) is 3.62. The number of hydrogen-bond donors (Lipinski definition) is 1. The molecule has 1 aromatic rings. The molecule has 0 saturated carbocycles. The zero-order valence-electron chi connectivity index (χ0n) is 9.17. The Morgan fingerprint density at radius 2 is 2.14 bits per heavy atom. The lowest BCUT2D eigenvalue weighted by Gasteiger charge is -2.20. The van der Waals surface area contributed by atoms with E-state index in [1.165, 1.54) is 29.7 Å². The van der Waals surface area contributed by atoms with E-state index in [-0.39, 0.29) is 0 Å². The standard InChI is InChI=1S/C12H18N2/c1-13-10-8-7-9-5-4-6-11(12(9)10)14(2)3/h4-6,10,13H,7-8H2,1-3H3. The number of nitrogens with one attached hydrogen (secondary N) is 1. The Morgan fingerprint density at radius 3 is 2.79 bits per heavy atom. The fraction of sp³-hybridized carbons (Fsp3) is 0.500. The minimum Gasteiger partial charge on any atom is -0.377 e. The highest BCUT2D eigenvalue weighted by molar-refractivity contribution is 5.59. The third-order valence-electron chi connectivity index (χ3n) is 3.05. The topological polar surface area (TPSA) is 15.3 Å². The van der Waals surface area contributed by atoms with E-state index in [9.17, 15) is 0 Å². The molecule has 76 valence electrons. The van der Waals surface area contributed by atoms with Gasteiger partial charge in [-0.05, 0) is 37.1 Å². The molecule has 0 aromatic heterocycles. The Bertz CT molecular complexity index is 331. The van der Waals surface area contributed by atoms with Crippen molar-refractivity contribution in [1.29, 1.82) is 0 Å². The minimum absolute atomic E-state index is 0.545. The first-order valence-electron chi connectivity index (χ1n) is 5.20. The zero-order chi connectivity index (χ0) is 10.1. The number of nitrogens with zero attached hydrogens (tertiary/aromatic N) is 1. The Balaban J connectivity index is 2.48. The molecule has 1 aliphatic carbocycles. The molecule has 0 amide bonds. The SMILES string of the molecule is CNC1CCc2cccc(N(C)C)c21. The van der Waals surface area contributed by atoms with Crippen LogP contribution < -0.4 is 10.2 Å². The van der Waals surface area contributed by atoms with Crippen LogP contribution in [0.4, 0.5) is 5.69 Å². The first-order valence-corrected chi connectivity index (χ1v) is 5.20. The molecule has 1 unspecified atom stereocenters. The van der Waals surface area contributed by atoms with E-state index in [1.807, 2.05) is 7.05 Å². The van der Waals surface area contributed by atoms with Crippen LogP contribution in [0.2, 0.25) is 0 Å². The number of hydrogen-bond acceptors (Lipinski definition) is 2. The van der Waals surface area contributed by atoms with Crippen LogP contribution in [-0.2, 0) is 6.42 Å². The molecule has 1 atom stereocenters. The van der Waals surface area contributed by atoms with Gasteiger partial charge in [0.05, 0.1) is 0 Å². The van der Waals surface area contributed by atoms with Crippen molar-refractivity contribution >= 4 is 5.69 Å². The second-order valence-electron chi connectivity index (χ2n) is 4.12. The molecule has 1 N–H and O–H groups in total. The molecule has 0 heterocycles. The molecule has 0 bridgehead atoms. The molecule has 1 aliphatic rings. The quantitative estimate of drug-likeness (QED) is 0.767. The van der Waals surface area contributed by atoms with Crippen molar-refractivity contribution in [2.45, 2.75) is 18.9 Å². The van der Waals surface area contributed by atoms with Gasteiger partial charge in [0.25, 0.3) is 0 Å².